The van der Waals surface area contributed by atoms with Gasteiger partial charge < -0.3 is 10.2 Å². The van der Waals surface area contributed by atoms with Crippen molar-refractivity contribution < 1.29 is 19.8 Å². The first kappa shape index (κ1) is 15.1. The number of carbonyl (C=O) groups is 2. The first-order valence-corrected chi connectivity index (χ1v) is 7.62. The van der Waals surface area contributed by atoms with E-state index < -0.39 is 11.9 Å². The maximum Gasteiger partial charge on any atom is 0.332 e. The van der Waals surface area contributed by atoms with Gasteiger partial charge in [-0.05, 0) is 37.5 Å². The van der Waals surface area contributed by atoms with E-state index in [4.69, 9.17) is 0 Å². The van der Waals surface area contributed by atoms with E-state index in [0.717, 1.165) is 44.9 Å². The first-order valence-electron chi connectivity index (χ1n) is 7.62. The summed E-state index contributed by atoms with van der Waals surface area (Å²) < 4.78 is 0. The van der Waals surface area contributed by atoms with Gasteiger partial charge in [0.2, 0.25) is 0 Å². The molecule has 20 heavy (non-hydrogen) atoms. The van der Waals surface area contributed by atoms with E-state index in [1.165, 1.54) is 0 Å². The van der Waals surface area contributed by atoms with Gasteiger partial charge >= 0.3 is 11.9 Å². The molecule has 2 aliphatic carbocycles. The molecule has 3 atom stereocenters. The molecular weight excluding hydrogens is 256 g/mol. The highest BCUT2D eigenvalue weighted by atomic mass is 16.4. The number of hydrogen-bond donors (Lipinski definition) is 2. The molecule has 2 bridgehead atoms. The van der Waals surface area contributed by atoms with Gasteiger partial charge in [-0.25, -0.2) is 9.59 Å². The van der Waals surface area contributed by atoms with Crippen LogP contribution in [0.1, 0.15) is 58.8 Å². The highest BCUT2D eigenvalue weighted by Crippen LogP contribution is 2.60. The molecule has 0 heterocycles. The third-order valence-electron chi connectivity index (χ3n) is 5.05. The summed E-state index contributed by atoms with van der Waals surface area (Å²) in [5, 5.41) is 18.8. The predicted octanol–water partition coefficient (Wildman–Crippen LogP) is 3.47. The van der Waals surface area contributed by atoms with E-state index in [1.54, 1.807) is 0 Å². The molecule has 2 aliphatic rings. The molecule has 4 nitrogen and oxygen atoms in total. The number of unbranched alkanes of at least 4 members (excludes halogenated alkanes) is 1. The van der Waals surface area contributed by atoms with Crippen LogP contribution in [0, 0.1) is 17.3 Å². The third-order valence-corrected chi connectivity index (χ3v) is 5.05. The molecule has 0 aromatic heterocycles. The minimum atomic E-state index is -1.03. The Morgan fingerprint density at radius 3 is 2.60 bits per heavy atom. The maximum absolute atomic E-state index is 11.6. The van der Waals surface area contributed by atoms with Crippen LogP contribution in [-0.2, 0) is 9.59 Å². The molecule has 0 aromatic rings. The fourth-order valence-corrected chi connectivity index (χ4v) is 4.32. The molecule has 112 valence electrons. The Hall–Kier alpha value is -1.32. The molecular formula is C16H24O4. The third kappa shape index (κ3) is 2.48. The minimum Gasteiger partial charge on any atom is -0.478 e. The SMILES string of the molecule is CCCCC(C)CC12CCC(C1)C(C(=O)O)=C2C(=O)O. The molecule has 0 radical (unpaired) electrons. The summed E-state index contributed by atoms with van der Waals surface area (Å²) in [4.78, 5) is 23.0. The van der Waals surface area contributed by atoms with Gasteiger partial charge in [-0.3, -0.25) is 0 Å². The number of carboxylic acids is 2. The van der Waals surface area contributed by atoms with E-state index in [2.05, 4.69) is 13.8 Å². The van der Waals surface area contributed by atoms with Crippen LogP contribution in [0.4, 0.5) is 0 Å². The van der Waals surface area contributed by atoms with Crippen LogP contribution >= 0.6 is 0 Å². The second-order valence-electron chi connectivity index (χ2n) is 6.57. The molecule has 1 saturated carbocycles. The Bertz CT molecular complexity index is 451. The number of carboxylic acid groups (broad SMARTS) is 2. The minimum absolute atomic E-state index is 0.0445. The molecule has 0 aromatic carbocycles. The van der Waals surface area contributed by atoms with E-state index in [-0.39, 0.29) is 22.5 Å². The lowest BCUT2D eigenvalue weighted by Crippen LogP contribution is -2.28. The van der Waals surface area contributed by atoms with Crippen molar-refractivity contribution in [1.82, 2.24) is 0 Å². The summed E-state index contributed by atoms with van der Waals surface area (Å²) in [5.41, 5.74) is 0.0215. The lowest BCUT2D eigenvalue weighted by molar-refractivity contribution is -0.137. The lowest BCUT2D eigenvalue weighted by Gasteiger charge is -2.31. The monoisotopic (exact) mass is 280 g/mol. The maximum atomic E-state index is 11.6. The van der Waals surface area contributed by atoms with Crippen LogP contribution in [0.2, 0.25) is 0 Å². The lowest BCUT2D eigenvalue weighted by atomic mass is 9.72. The molecule has 0 amide bonds. The van der Waals surface area contributed by atoms with Gasteiger partial charge in [0.05, 0.1) is 11.1 Å². The van der Waals surface area contributed by atoms with Gasteiger partial charge in [0.15, 0.2) is 0 Å². The van der Waals surface area contributed by atoms with Gasteiger partial charge in [0, 0.05) is 5.41 Å². The van der Waals surface area contributed by atoms with Crippen molar-refractivity contribution in [2.24, 2.45) is 17.3 Å². The summed E-state index contributed by atoms with van der Waals surface area (Å²) in [5.74, 6) is -1.64. The predicted molar refractivity (Wildman–Crippen MR) is 75.4 cm³/mol. The zero-order valence-electron chi connectivity index (χ0n) is 12.3. The molecule has 3 unspecified atom stereocenters. The van der Waals surface area contributed by atoms with Crippen LogP contribution in [0.15, 0.2) is 11.1 Å². The number of fused-ring (bicyclic) bond motifs is 2. The van der Waals surface area contributed by atoms with Crippen molar-refractivity contribution in [1.29, 1.82) is 0 Å². The first-order chi connectivity index (χ1) is 9.41. The fraction of sp³-hybridized carbons (Fsp3) is 0.750. The number of hydrogen-bond acceptors (Lipinski definition) is 2. The summed E-state index contributed by atoms with van der Waals surface area (Å²) in [7, 11) is 0. The van der Waals surface area contributed by atoms with Crippen molar-refractivity contribution in [3.05, 3.63) is 11.1 Å². The fourth-order valence-electron chi connectivity index (χ4n) is 4.32. The van der Waals surface area contributed by atoms with Crippen LogP contribution in [-0.4, -0.2) is 22.2 Å². The zero-order valence-corrected chi connectivity index (χ0v) is 12.3. The summed E-state index contributed by atoms with van der Waals surface area (Å²) >= 11 is 0. The van der Waals surface area contributed by atoms with Gasteiger partial charge in [0.1, 0.15) is 0 Å². The van der Waals surface area contributed by atoms with Crippen molar-refractivity contribution >= 4 is 11.9 Å². The van der Waals surface area contributed by atoms with Crippen molar-refractivity contribution in [2.45, 2.75) is 58.8 Å². The largest absolute Gasteiger partial charge is 0.478 e. The Kier molecular flexibility index (Phi) is 4.21. The second-order valence-corrected chi connectivity index (χ2v) is 6.57. The van der Waals surface area contributed by atoms with Crippen molar-refractivity contribution in [2.75, 3.05) is 0 Å². The summed E-state index contributed by atoms with van der Waals surface area (Å²) in [6, 6.07) is 0. The second kappa shape index (κ2) is 5.58. The van der Waals surface area contributed by atoms with Gasteiger partial charge in [-0.2, -0.15) is 0 Å². The van der Waals surface area contributed by atoms with Crippen molar-refractivity contribution in [3.63, 3.8) is 0 Å². The summed E-state index contributed by atoms with van der Waals surface area (Å²) in [6.45, 7) is 4.31. The average molecular weight is 280 g/mol. The van der Waals surface area contributed by atoms with Gasteiger partial charge in [-0.1, -0.05) is 33.1 Å². The van der Waals surface area contributed by atoms with E-state index in [1.807, 2.05) is 0 Å². The molecule has 0 aliphatic heterocycles. The van der Waals surface area contributed by atoms with Crippen molar-refractivity contribution in [3.8, 4) is 0 Å². The van der Waals surface area contributed by atoms with Crippen LogP contribution in [0.5, 0.6) is 0 Å². The summed E-state index contributed by atoms with van der Waals surface area (Å²) in [6.07, 6.45) is 6.61. The number of rotatable bonds is 7. The Balaban J connectivity index is 2.26. The Morgan fingerprint density at radius 2 is 2.05 bits per heavy atom. The van der Waals surface area contributed by atoms with Crippen LogP contribution in [0.25, 0.3) is 0 Å². The topological polar surface area (TPSA) is 74.6 Å². The number of aliphatic carboxylic acids is 2. The standard InChI is InChI=1S/C16H24O4/c1-3-4-5-10(2)8-16-7-6-11(9-16)12(14(17)18)13(16)15(19)20/h10-11H,3-9H2,1-2H3,(H,17,18)(H,19,20). The van der Waals surface area contributed by atoms with Crippen LogP contribution < -0.4 is 0 Å². The normalized spacial score (nSPS) is 29.8. The van der Waals surface area contributed by atoms with Crippen LogP contribution in [0.3, 0.4) is 0 Å². The van der Waals surface area contributed by atoms with E-state index in [0.29, 0.717) is 5.92 Å². The van der Waals surface area contributed by atoms with Gasteiger partial charge in [0.25, 0.3) is 0 Å². The van der Waals surface area contributed by atoms with Gasteiger partial charge in [-0.15, -0.1) is 0 Å². The molecule has 1 fully saturated rings. The highest BCUT2D eigenvalue weighted by molar-refractivity contribution is 6.01. The van der Waals surface area contributed by atoms with E-state index >= 15 is 0 Å². The quantitative estimate of drug-likeness (QED) is 0.748. The average Bonchev–Trinajstić information content (AvgIpc) is 2.90. The molecule has 4 heteroatoms. The molecule has 2 rings (SSSR count). The molecule has 0 spiro atoms. The Morgan fingerprint density at radius 1 is 1.35 bits per heavy atom. The smallest absolute Gasteiger partial charge is 0.332 e. The Labute approximate surface area is 119 Å². The van der Waals surface area contributed by atoms with E-state index in [9.17, 15) is 19.8 Å². The molecule has 2 N–H and O–H groups in total. The molecule has 0 saturated heterocycles. The zero-order chi connectivity index (χ0) is 14.9. The highest BCUT2D eigenvalue weighted by Gasteiger charge is 2.55.